The highest BCUT2D eigenvalue weighted by molar-refractivity contribution is 7.90. The lowest BCUT2D eigenvalue weighted by Crippen LogP contribution is -2.43. The molecule has 0 spiro atoms. The summed E-state index contributed by atoms with van der Waals surface area (Å²) in [5.41, 5.74) is 13.7. The van der Waals surface area contributed by atoms with Gasteiger partial charge in [0.05, 0.1) is 5.75 Å². The molecule has 130 valence electrons. The molecular formula is C13H17N5O5S. The van der Waals surface area contributed by atoms with Crippen molar-refractivity contribution < 1.29 is 22.7 Å². The summed E-state index contributed by atoms with van der Waals surface area (Å²) in [5, 5.41) is 3.20. The van der Waals surface area contributed by atoms with Crippen LogP contribution < -0.4 is 10.5 Å². The maximum absolute atomic E-state index is 12.1. The molecule has 0 aliphatic heterocycles. The quantitative estimate of drug-likeness (QED) is 0.289. The number of ether oxygens (including phenoxy) is 1. The van der Waals surface area contributed by atoms with E-state index in [0.29, 0.717) is 5.56 Å². The number of primary amides is 1. The first-order valence-electron chi connectivity index (χ1n) is 6.89. The molecule has 24 heavy (non-hydrogen) atoms. The summed E-state index contributed by atoms with van der Waals surface area (Å²) in [7, 11) is -3.95. The molecule has 1 unspecified atom stereocenters. The van der Waals surface area contributed by atoms with Crippen molar-refractivity contribution in [1.29, 1.82) is 0 Å². The van der Waals surface area contributed by atoms with Gasteiger partial charge in [-0.2, -0.15) is 0 Å². The third-order valence-electron chi connectivity index (χ3n) is 2.81. The van der Waals surface area contributed by atoms with E-state index >= 15 is 0 Å². The first-order valence-corrected chi connectivity index (χ1v) is 8.54. The lowest BCUT2D eigenvalue weighted by molar-refractivity contribution is -0.127. The fraction of sp³-hybridized carbons (Fsp3) is 0.385. The normalized spacial score (nSPS) is 11.8. The zero-order valence-electron chi connectivity index (χ0n) is 12.7. The number of amides is 2. The number of rotatable bonds is 9. The molecule has 1 rings (SSSR count). The van der Waals surface area contributed by atoms with Crippen molar-refractivity contribution in [1.82, 2.24) is 4.72 Å². The van der Waals surface area contributed by atoms with Gasteiger partial charge < -0.3 is 10.5 Å². The predicted octanol–water partition coefficient (Wildman–Crippen LogP) is 0.839. The number of nitrogens with one attached hydrogen (secondary N) is 1. The van der Waals surface area contributed by atoms with Crippen LogP contribution in [0.3, 0.4) is 0 Å². The number of nitrogens with zero attached hydrogens (tertiary/aromatic N) is 3. The molecule has 0 aromatic heterocycles. The molecule has 1 aromatic rings. The second kappa shape index (κ2) is 9.38. The minimum Gasteiger partial charge on any atom is -0.436 e. The summed E-state index contributed by atoms with van der Waals surface area (Å²) in [6.45, 7) is -0.0170. The number of carbonyl (C=O) groups excluding carboxylic acids is 2. The minimum atomic E-state index is -3.95. The average molecular weight is 355 g/mol. The number of sulfonamides is 1. The second-order valence-corrected chi connectivity index (χ2v) is 6.55. The second-order valence-electron chi connectivity index (χ2n) is 4.71. The van der Waals surface area contributed by atoms with Gasteiger partial charge in [0.2, 0.25) is 10.0 Å². The van der Waals surface area contributed by atoms with E-state index in [-0.39, 0.29) is 19.4 Å². The first kappa shape index (κ1) is 19.3. The summed E-state index contributed by atoms with van der Waals surface area (Å²) in [6.07, 6.45) is -2.54. The monoisotopic (exact) mass is 355 g/mol. The molecule has 2 amide bonds. The van der Waals surface area contributed by atoms with Crippen LogP contribution in [0.25, 0.3) is 10.4 Å². The highest BCUT2D eigenvalue weighted by Crippen LogP contribution is 2.07. The van der Waals surface area contributed by atoms with Crippen LogP contribution in [0.5, 0.6) is 0 Å². The van der Waals surface area contributed by atoms with Gasteiger partial charge in [-0.15, -0.1) is 0 Å². The standard InChI is InChI=1S/C13H17N5O5S/c14-13(20)23-11(9-10-5-2-1-3-6-10)12(19)17-24(21,22)8-4-7-16-18-15/h1-3,5-6,11H,4,7-9H2,(H2,14,20)(H,17,19). The van der Waals surface area contributed by atoms with Crippen molar-refractivity contribution in [2.45, 2.75) is 18.9 Å². The Morgan fingerprint density at radius 3 is 2.58 bits per heavy atom. The summed E-state index contributed by atoms with van der Waals surface area (Å²) in [5.74, 6) is -1.41. The summed E-state index contributed by atoms with van der Waals surface area (Å²) in [4.78, 5) is 25.5. The maximum atomic E-state index is 12.1. The molecule has 0 fully saturated rings. The molecule has 0 bridgehead atoms. The van der Waals surface area contributed by atoms with Crippen LogP contribution >= 0.6 is 0 Å². The summed E-state index contributed by atoms with van der Waals surface area (Å²) in [6, 6.07) is 8.60. The molecule has 1 aromatic carbocycles. The Hall–Kier alpha value is -2.78. The van der Waals surface area contributed by atoms with E-state index in [1.165, 1.54) is 0 Å². The van der Waals surface area contributed by atoms with E-state index in [1.807, 2.05) is 4.72 Å². The van der Waals surface area contributed by atoms with E-state index in [9.17, 15) is 18.0 Å². The number of nitrogens with two attached hydrogens (primary N) is 1. The zero-order chi connectivity index (χ0) is 18.0. The molecule has 10 nitrogen and oxygen atoms in total. The first-order chi connectivity index (χ1) is 11.3. The van der Waals surface area contributed by atoms with Gasteiger partial charge in [0.1, 0.15) is 0 Å². The molecular weight excluding hydrogens is 338 g/mol. The third kappa shape index (κ3) is 7.47. The van der Waals surface area contributed by atoms with Crippen molar-refractivity contribution in [3.8, 4) is 0 Å². The summed E-state index contributed by atoms with van der Waals surface area (Å²) < 4.78 is 30.1. The van der Waals surface area contributed by atoms with Crippen molar-refractivity contribution >= 4 is 22.0 Å². The molecule has 0 heterocycles. The van der Waals surface area contributed by atoms with Crippen LogP contribution in [0.4, 0.5) is 4.79 Å². The van der Waals surface area contributed by atoms with Gasteiger partial charge in [-0.25, -0.2) is 17.9 Å². The fourth-order valence-corrected chi connectivity index (χ4v) is 2.85. The number of hydrogen-bond donors (Lipinski definition) is 2. The predicted molar refractivity (Wildman–Crippen MR) is 85.2 cm³/mol. The van der Waals surface area contributed by atoms with Crippen LogP contribution in [0, 0.1) is 0 Å². The van der Waals surface area contributed by atoms with Crippen LogP contribution in [-0.4, -0.2) is 38.8 Å². The van der Waals surface area contributed by atoms with E-state index < -0.39 is 33.9 Å². The van der Waals surface area contributed by atoms with E-state index in [2.05, 4.69) is 10.0 Å². The molecule has 0 aliphatic rings. The van der Waals surface area contributed by atoms with Crippen LogP contribution in [0.1, 0.15) is 12.0 Å². The van der Waals surface area contributed by atoms with Gasteiger partial charge >= 0.3 is 6.09 Å². The Bertz CT molecular complexity index is 716. The van der Waals surface area contributed by atoms with Gasteiger partial charge in [0, 0.05) is 17.9 Å². The smallest absolute Gasteiger partial charge is 0.405 e. The van der Waals surface area contributed by atoms with E-state index in [0.717, 1.165) is 0 Å². The van der Waals surface area contributed by atoms with Crippen LogP contribution in [-0.2, 0) is 26.0 Å². The Balaban J connectivity index is 2.73. The van der Waals surface area contributed by atoms with Gasteiger partial charge in [-0.3, -0.25) is 4.79 Å². The molecule has 0 radical (unpaired) electrons. The maximum Gasteiger partial charge on any atom is 0.405 e. The SMILES string of the molecule is [N-]=[N+]=NCCCS(=O)(=O)NC(=O)C(Cc1ccccc1)OC(N)=O. The molecule has 3 N–H and O–H groups in total. The lowest BCUT2D eigenvalue weighted by Gasteiger charge is -2.16. The Kier molecular flexibility index (Phi) is 7.53. The zero-order valence-corrected chi connectivity index (χ0v) is 13.5. The van der Waals surface area contributed by atoms with Crippen molar-refractivity contribution in [2.75, 3.05) is 12.3 Å². The van der Waals surface area contributed by atoms with Gasteiger partial charge in [-0.1, -0.05) is 35.4 Å². The van der Waals surface area contributed by atoms with Crippen LogP contribution in [0.15, 0.2) is 35.4 Å². The molecule has 1 atom stereocenters. The van der Waals surface area contributed by atoms with Gasteiger partial charge in [0.15, 0.2) is 6.10 Å². The molecule has 0 saturated heterocycles. The highest BCUT2D eigenvalue weighted by Gasteiger charge is 2.26. The largest absolute Gasteiger partial charge is 0.436 e. The third-order valence-corrected chi connectivity index (χ3v) is 4.14. The molecule has 11 heteroatoms. The Morgan fingerprint density at radius 2 is 2.00 bits per heavy atom. The Labute approximate surface area is 138 Å². The number of benzene rings is 1. The number of carbonyl (C=O) groups is 2. The topological polar surface area (TPSA) is 164 Å². The van der Waals surface area contributed by atoms with E-state index in [1.54, 1.807) is 30.3 Å². The van der Waals surface area contributed by atoms with E-state index in [4.69, 9.17) is 16.0 Å². The lowest BCUT2D eigenvalue weighted by atomic mass is 10.1. The van der Waals surface area contributed by atoms with Crippen LogP contribution in [0.2, 0.25) is 0 Å². The molecule has 0 aliphatic carbocycles. The number of hydrogen-bond acceptors (Lipinski definition) is 6. The van der Waals surface area contributed by atoms with Crippen molar-refractivity contribution in [3.05, 3.63) is 46.3 Å². The highest BCUT2D eigenvalue weighted by atomic mass is 32.2. The summed E-state index contributed by atoms with van der Waals surface area (Å²) >= 11 is 0. The van der Waals surface area contributed by atoms with Crippen molar-refractivity contribution in [3.63, 3.8) is 0 Å². The fourth-order valence-electron chi connectivity index (χ4n) is 1.80. The number of azide groups is 1. The Morgan fingerprint density at radius 1 is 1.33 bits per heavy atom. The molecule has 0 saturated carbocycles. The van der Waals surface area contributed by atoms with Gasteiger partial charge in [-0.05, 0) is 17.5 Å². The van der Waals surface area contributed by atoms with Crippen molar-refractivity contribution in [2.24, 2.45) is 10.8 Å². The minimum absolute atomic E-state index is 0.0170. The average Bonchev–Trinajstić information content (AvgIpc) is 2.51. The van der Waals surface area contributed by atoms with Gasteiger partial charge in [0.25, 0.3) is 5.91 Å².